The highest BCUT2D eigenvalue weighted by molar-refractivity contribution is 9.10. The van der Waals surface area contributed by atoms with E-state index in [0.717, 1.165) is 16.5 Å². The zero-order chi connectivity index (χ0) is 14.8. The van der Waals surface area contributed by atoms with Crippen molar-refractivity contribution < 1.29 is 4.39 Å². The van der Waals surface area contributed by atoms with Gasteiger partial charge in [-0.25, -0.2) is 4.39 Å². The zero-order valence-corrected chi connectivity index (χ0v) is 14.0. The minimum atomic E-state index is -0.138. The average molecular weight is 342 g/mol. The van der Waals surface area contributed by atoms with Crippen molar-refractivity contribution >= 4 is 15.9 Å². The number of hydrogen-bond acceptors (Lipinski definition) is 1. The molecule has 2 N–H and O–H groups in total. The Hall–Kier alpha value is -0.410. The molecule has 1 aliphatic rings. The van der Waals surface area contributed by atoms with E-state index >= 15 is 0 Å². The van der Waals surface area contributed by atoms with Gasteiger partial charge in [-0.2, -0.15) is 0 Å². The number of halogens is 2. The molecule has 1 aliphatic carbocycles. The van der Waals surface area contributed by atoms with Gasteiger partial charge >= 0.3 is 0 Å². The molecule has 2 rings (SSSR count). The molecule has 112 valence electrons. The predicted molar refractivity (Wildman–Crippen MR) is 86.1 cm³/mol. The first-order valence-electron chi connectivity index (χ1n) is 7.62. The Kier molecular flexibility index (Phi) is 5.25. The summed E-state index contributed by atoms with van der Waals surface area (Å²) in [6.45, 7) is 4.51. The molecule has 0 radical (unpaired) electrons. The van der Waals surface area contributed by atoms with Crippen molar-refractivity contribution in [3.63, 3.8) is 0 Å². The average Bonchev–Trinajstić information content (AvgIpc) is 2.82. The van der Waals surface area contributed by atoms with E-state index in [4.69, 9.17) is 5.73 Å². The maximum Gasteiger partial charge on any atom is 0.126 e. The minimum absolute atomic E-state index is 0.0520. The van der Waals surface area contributed by atoms with Crippen LogP contribution < -0.4 is 5.73 Å². The summed E-state index contributed by atoms with van der Waals surface area (Å²) in [4.78, 5) is 0. The highest BCUT2D eigenvalue weighted by Crippen LogP contribution is 2.46. The van der Waals surface area contributed by atoms with Crippen molar-refractivity contribution in [1.29, 1.82) is 0 Å². The second-order valence-corrected chi connectivity index (χ2v) is 7.63. The van der Waals surface area contributed by atoms with E-state index in [1.807, 2.05) is 6.07 Å². The monoisotopic (exact) mass is 341 g/mol. The van der Waals surface area contributed by atoms with Crippen molar-refractivity contribution in [3.05, 3.63) is 34.1 Å². The maximum absolute atomic E-state index is 13.9. The normalized spacial score (nSPS) is 19.5. The lowest BCUT2D eigenvalue weighted by atomic mass is 9.71. The molecule has 0 aromatic heterocycles. The van der Waals surface area contributed by atoms with E-state index < -0.39 is 0 Å². The van der Waals surface area contributed by atoms with Crippen LogP contribution in [0.5, 0.6) is 0 Å². The predicted octanol–water partition coefficient (Wildman–Crippen LogP) is 5.06. The van der Waals surface area contributed by atoms with Crippen LogP contribution in [0, 0.1) is 17.2 Å². The van der Waals surface area contributed by atoms with E-state index in [1.54, 1.807) is 6.07 Å². The fraction of sp³-hybridized carbons (Fsp3) is 0.647. The van der Waals surface area contributed by atoms with Crippen LogP contribution in [-0.4, -0.2) is 6.04 Å². The van der Waals surface area contributed by atoms with Gasteiger partial charge in [0.25, 0.3) is 0 Å². The Morgan fingerprint density at radius 2 is 1.95 bits per heavy atom. The highest BCUT2D eigenvalue weighted by atomic mass is 79.9. The van der Waals surface area contributed by atoms with Gasteiger partial charge in [0.1, 0.15) is 5.82 Å². The Bertz CT molecular complexity index is 452. The van der Waals surface area contributed by atoms with Gasteiger partial charge in [-0.15, -0.1) is 0 Å². The third-order valence-electron chi connectivity index (χ3n) is 4.65. The number of benzene rings is 1. The van der Waals surface area contributed by atoms with E-state index in [-0.39, 0.29) is 17.3 Å². The maximum atomic E-state index is 13.9. The number of rotatable bonds is 5. The van der Waals surface area contributed by atoms with E-state index in [2.05, 4.69) is 29.8 Å². The highest BCUT2D eigenvalue weighted by Gasteiger charge is 2.39. The van der Waals surface area contributed by atoms with Gasteiger partial charge in [0.15, 0.2) is 0 Å². The molecule has 0 heterocycles. The summed E-state index contributed by atoms with van der Waals surface area (Å²) in [6, 6.07) is 5.18. The van der Waals surface area contributed by atoms with Gasteiger partial charge in [-0.3, -0.25) is 0 Å². The third kappa shape index (κ3) is 3.62. The second-order valence-electron chi connectivity index (χ2n) is 6.71. The lowest BCUT2D eigenvalue weighted by Gasteiger charge is -2.37. The Morgan fingerprint density at radius 3 is 2.55 bits per heavy atom. The van der Waals surface area contributed by atoms with Crippen molar-refractivity contribution in [3.8, 4) is 0 Å². The van der Waals surface area contributed by atoms with Gasteiger partial charge in [0, 0.05) is 10.5 Å². The summed E-state index contributed by atoms with van der Waals surface area (Å²) in [6.07, 6.45) is 6.72. The summed E-state index contributed by atoms with van der Waals surface area (Å²) < 4.78 is 14.8. The van der Waals surface area contributed by atoms with E-state index in [1.165, 1.54) is 31.7 Å². The van der Waals surface area contributed by atoms with Gasteiger partial charge in [-0.1, -0.05) is 42.6 Å². The molecule has 0 spiro atoms. The van der Waals surface area contributed by atoms with Gasteiger partial charge < -0.3 is 5.73 Å². The molecule has 0 amide bonds. The lowest BCUT2D eigenvalue weighted by Crippen LogP contribution is -2.42. The van der Waals surface area contributed by atoms with E-state index in [9.17, 15) is 4.39 Å². The van der Waals surface area contributed by atoms with Crippen molar-refractivity contribution in [2.24, 2.45) is 17.1 Å². The van der Waals surface area contributed by atoms with Crippen molar-refractivity contribution in [2.75, 3.05) is 0 Å². The Labute approximate surface area is 130 Å². The van der Waals surface area contributed by atoms with Crippen LogP contribution in [-0.2, 0) is 6.42 Å². The van der Waals surface area contributed by atoms with E-state index in [0.29, 0.717) is 12.3 Å². The van der Waals surface area contributed by atoms with Gasteiger partial charge in [0.05, 0.1) is 0 Å². The van der Waals surface area contributed by atoms with Crippen LogP contribution in [0.4, 0.5) is 4.39 Å². The molecule has 1 fully saturated rings. The molecule has 1 saturated carbocycles. The van der Waals surface area contributed by atoms with Gasteiger partial charge in [0.2, 0.25) is 0 Å². The fourth-order valence-corrected chi connectivity index (χ4v) is 4.18. The first-order chi connectivity index (χ1) is 9.43. The van der Waals surface area contributed by atoms with Crippen LogP contribution >= 0.6 is 15.9 Å². The van der Waals surface area contributed by atoms with Crippen LogP contribution in [0.2, 0.25) is 0 Å². The summed E-state index contributed by atoms with van der Waals surface area (Å²) in [5, 5.41) is 0. The smallest absolute Gasteiger partial charge is 0.126 e. The zero-order valence-electron chi connectivity index (χ0n) is 12.5. The summed E-state index contributed by atoms with van der Waals surface area (Å²) in [7, 11) is 0. The Balaban J connectivity index is 2.16. The standard InChI is InChI=1S/C17H25BrFN/c1-12(2)11-17(7-3-4-8-17)16(20)10-13-9-14(18)5-6-15(13)19/h5-6,9,12,16H,3-4,7-8,10-11,20H2,1-2H3. The topological polar surface area (TPSA) is 26.0 Å². The molecule has 20 heavy (non-hydrogen) atoms. The SMILES string of the molecule is CC(C)CC1(C(N)Cc2cc(Br)ccc2F)CCCC1. The molecule has 3 heteroatoms. The molecule has 0 aliphatic heterocycles. The van der Waals surface area contributed by atoms with Gasteiger partial charge in [-0.05, 0) is 60.8 Å². The van der Waals surface area contributed by atoms with Crippen LogP contribution in [0.3, 0.4) is 0 Å². The lowest BCUT2D eigenvalue weighted by molar-refractivity contribution is 0.181. The van der Waals surface area contributed by atoms with Crippen LogP contribution in [0.15, 0.2) is 22.7 Å². The molecule has 0 bridgehead atoms. The van der Waals surface area contributed by atoms with Crippen LogP contribution in [0.25, 0.3) is 0 Å². The molecular weight excluding hydrogens is 317 g/mol. The summed E-state index contributed by atoms with van der Waals surface area (Å²) >= 11 is 3.42. The molecule has 1 aromatic carbocycles. The molecule has 1 nitrogen and oxygen atoms in total. The largest absolute Gasteiger partial charge is 0.327 e. The first-order valence-corrected chi connectivity index (χ1v) is 8.42. The third-order valence-corrected chi connectivity index (χ3v) is 5.14. The number of hydrogen-bond donors (Lipinski definition) is 1. The van der Waals surface area contributed by atoms with Crippen LogP contribution in [0.1, 0.15) is 51.5 Å². The second kappa shape index (κ2) is 6.57. The Morgan fingerprint density at radius 1 is 1.30 bits per heavy atom. The summed E-state index contributed by atoms with van der Waals surface area (Å²) in [5.74, 6) is 0.507. The summed E-state index contributed by atoms with van der Waals surface area (Å²) in [5.41, 5.74) is 7.48. The quantitative estimate of drug-likeness (QED) is 0.795. The molecule has 0 saturated heterocycles. The van der Waals surface area contributed by atoms with Crippen molar-refractivity contribution in [1.82, 2.24) is 0 Å². The molecular formula is C17H25BrFN. The fourth-order valence-electron chi connectivity index (χ4n) is 3.77. The first kappa shape index (κ1) is 16.0. The molecule has 1 aromatic rings. The molecule has 1 unspecified atom stereocenters. The van der Waals surface area contributed by atoms with Crippen molar-refractivity contribution in [2.45, 2.75) is 58.4 Å². The number of nitrogens with two attached hydrogens (primary N) is 1. The minimum Gasteiger partial charge on any atom is -0.327 e. The molecule has 1 atom stereocenters.